The third-order valence-corrected chi connectivity index (χ3v) is 4.74. The number of carbonyl (C=O) groups is 2. The molecule has 19 heavy (non-hydrogen) atoms. The molecule has 0 saturated heterocycles. The zero-order chi connectivity index (χ0) is 14.2. The number of nitrogens with one attached hydrogen (secondary N) is 1. The summed E-state index contributed by atoms with van der Waals surface area (Å²) < 4.78 is 0. The quantitative estimate of drug-likeness (QED) is 0.849. The Labute approximate surface area is 116 Å². The zero-order valence-electron chi connectivity index (χ0n) is 12.7. The molecule has 0 aliphatic heterocycles. The van der Waals surface area contributed by atoms with Crippen LogP contribution in [0.5, 0.6) is 0 Å². The molecule has 108 valence electrons. The van der Waals surface area contributed by atoms with Crippen LogP contribution < -0.4 is 5.32 Å². The van der Waals surface area contributed by atoms with Gasteiger partial charge in [-0.1, -0.05) is 46.5 Å². The van der Waals surface area contributed by atoms with Crippen LogP contribution in [0.1, 0.15) is 59.8 Å². The molecule has 0 aromatic heterocycles. The Bertz CT molecular complexity index is 363. The molecule has 2 unspecified atom stereocenters. The first-order valence-electron chi connectivity index (χ1n) is 7.61. The van der Waals surface area contributed by atoms with Gasteiger partial charge in [0.25, 0.3) is 0 Å². The van der Waals surface area contributed by atoms with Crippen molar-refractivity contribution in [2.75, 3.05) is 0 Å². The maximum absolute atomic E-state index is 12.3. The molecule has 0 radical (unpaired) electrons. The van der Waals surface area contributed by atoms with E-state index in [1.54, 1.807) is 6.92 Å². The van der Waals surface area contributed by atoms with Gasteiger partial charge >= 0.3 is 0 Å². The summed E-state index contributed by atoms with van der Waals surface area (Å²) >= 11 is 0. The summed E-state index contributed by atoms with van der Waals surface area (Å²) in [6, 6.07) is -0.357. The third-order valence-electron chi connectivity index (χ3n) is 4.74. The van der Waals surface area contributed by atoms with Gasteiger partial charge in [-0.15, -0.1) is 0 Å². The Balaban J connectivity index is 1.89. The molecule has 2 saturated carbocycles. The second kappa shape index (κ2) is 5.26. The largest absolute Gasteiger partial charge is 0.346 e. The summed E-state index contributed by atoms with van der Waals surface area (Å²) in [6.45, 7) is 7.57. The van der Waals surface area contributed by atoms with Gasteiger partial charge in [-0.2, -0.15) is 0 Å². The smallest absolute Gasteiger partial charge is 0.224 e. The fourth-order valence-corrected chi connectivity index (χ4v) is 3.60. The van der Waals surface area contributed by atoms with E-state index in [4.69, 9.17) is 0 Å². The Morgan fingerprint density at radius 3 is 2.21 bits per heavy atom. The van der Waals surface area contributed by atoms with E-state index in [2.05, 4.69) is 5.32 Å². The SMILES string of the molecule is CC(=O)[C@@H](NC(=O)C1CC1C1CCCC1)C(C)(C)C. The molecular weight excluding hydrogens is 238 g/mol. The average Bonchev–Trinajstić information content (AvgIpc) is 2.90. The summed E-state index contributed by atoms with van der Waals surface area (Å²) in [7, 11) is 0. The Kier molecular flexibility index (Phi) is 4.03. The van der Waals surface area contributed by atoms with Crippen LogP contribution in [0.15, 0.2) is 0 Å². The molecule has 0 heterocycles. The summed E-state index contributed by atoms with van der Waals surface area (Å²) in [4.78, 5) is 24.0. The summed E-state index contributed by atoms with van der Waals surface area (Å²) in [5, 5.41) is 2.98. The van der Waals surface area contributed by atoms with Gasteiger partial charge in [0.2, 0.25) is 5.91 Å². The molecule has 2 aliphatic carbocycles. The number of Topliss-reactive ketones (excluding diaryl/α,β-unsaturated/α-hetero) is 1. The second-order valence-electron chi connectivity index (χ2n) is 7.47. The van der Waals surface area contributed by atoms with Crippen molar-refractivity contribution in [3.63, 3.8) is 0 Å². The van der Waals surface area contributed by atoms with Crippen LogP contribution in [0.2, 0.25) is 0 Å². The molecule has 0 aromatic rings. The monoisotopic (exact) mass is 265 g/mol. The van der Waals surface area contributed by atoms with E-state index in [-0.39, 0.29) is 29.1 Å². The lowest BCUT2D eigenvalue weighted by Gasteiger charge is -2.29. The minimum absolute atomic E-state index is 0.0546. The van der Waals surface area contributed by atoms with E-state index in [0.29, 0.717) is 5.92 Å². The van der Waals surface area contributed by atoms with Crippen LogP contribution in [0.3, 0.4) is 0 Å². The highest BCUT2D eigenvalue weighted by Gasteiger charge is 2.48. The first-order chi connectivity index (χ1) is 8.80. The van der Waals surface area contributed by atoms with E-state index >= 15 is 0 Å². The van der Waals surface area contributed by atoms with E-state index in [9.17, 15) is 9.59 Å². The molecule has 0 bridgehead atoms. The molecule has 1 amide bonds. The summed E-state index contributed by atoms with van der Waals surface area (Å²) in [5.41, 5.74) is -0.209. The predicted molar refractivity (Wildman–Crippen MR) is 75.6 cm³/mol. The number of hydrogen-bond donors (Lipinski definition) is 1. The van der Waals surface area contributed by atoms with Gasteiger partial charge in [-0.25, -0.2) is 0 Å². The van der Waals surface area contributed by atoms with Crippen molar-refractivity contribution < 1.29 is 9.59 Å². The van der Waals surface area contributed by atoms with Gasteiger partial charge < -0.3 is 5.32 Å². The van der Waals surface area contributed by atoms with E-state index in [1.807, 2.05) is 20.8 Å². The number of ketones is 1. The average molecular weight is 265 g/mol. The second-order valence-corrected chi connectivity index (χ2v) is 7.47. The molecule has 2 rings (SSSR count). The molecule has 3 atom stereocenters. The lowest BCUT2D eigenvalue weighted by molar-refractivity contribution is -0.130. The highest BCUT2D eigenvalue weighted by atomic mass is 16.2. The standard InChI is InChI=1S/C16H27NO2/c1-10(18)14(16(2,3)4)17-15(19)13-9-12(13)11-7-5-6-8-11/h11-14H,5-9H2,1-4H3,(H,17,19)/t12?,13?,14-/m1/s1. The van der Waals surface area contributed by atoms with E-state index < -0.39 is 0 Å². The topological polar surface area (TPSA) is 46.2 Å². The van der Waals surface area contributed by atoms with Crippen molar-refractivity contribution in [2.45, 2.75) is 65.8 Å². The van der Waals surface area contributed by atoms with Gasteiger partial charge in [0.1, 0.15) is 0 Å². The lowest BCUT2D eigenvalue weighted by Crippen LogP contribution is -2.49. The number of amides is 1. The Hall–Kier alpha value is -0.860. The Morgan fingerprint density at radius 1 is 1.16 bits per heavy atom. The Morgan fingerprint density at radius 2 is 1.74 bits per heavy atom. The summed E-state index contributed by atoms with van der Waals surface area (Å²) in [6.07, 6.45) is 6.28. The van der Waals surface area contributed by atoms with Gasteiger partial charge in [-0.3, -0.25) is 9.59 Å². The van der Waals surface area contributed by atoms with Gasteiger partial charge in [0.15, 0.2) is 5.78 Å². The van der Waals surface area contributed by atoms with Crippen LogP contribution in [-0.2, 0) is 9.59 Å². The molecule has 0 spiro atoms. The molecule has 3 heteroatoms. The van der Waals surface area contributed by atoms with Crippen molar-refractivity contribution in [1.29, 1.82) is 0 Å². The van der Waals surface area contributed by atoms with Crippen LogP contribution in [0, 0.1) is 23.2 Å². The van der Waals surface area contributed by atoms with Crippen molar-refractivity contribution in [1.82, 2.24) is 5.32 Å². The number of carbonyl (C=O) groups excluding carboxylic acids is 2. The summed E-state index contributed by atoms with van der Waals surface area (Å²) in [5.74, 6) is 1.69. The number of rotatable bonds is 4. The normalized spacial score (nSPS) is 29.1. The van der Waals surface area contributed by atoms with Crippen molar-refractivity contribution in [3.05, 3.63) is 0 Å². The molecule has 2 aliphatic rings. The van der Waals surface area contributed by atoms with Crippen LogP contribution >= 0.6 is 0 Å². The molecule has 0 aromatic carbocycles. The van der Waals surface area contributed by atoms with E-state index in [0.717, 1.165) is 12.3 Å². The molecule has 3 nitrogen and oxygen atoms in total. The van der Waals surface area contributed by atoms with Crippen LogP contribution in [0.25, 0.3) is 0 Å². The minimum Gasteiger partial charge on any atom is -0.346 e. The molecule has 2 fully saturated rings. The fourth-order valence-electron chi connectivity index (χ4n) is 3.60. The predicted octanol–water partition coefficient (Wildman–Crippen LogP) is 2.93. The maximum Gasteiger partial charge on any atom is 0.224 e. The lowest BCUT2D eigenvalue weighted by atomic mass is 9.84. The minimum atomic E-state index is -0.357. The first-order valence-corrected chi connectivity index (χ1v) is 7.61. The zero-order valence-corrected chi connectivity index (χ0v) is 12.7. The van der Waals surface area contributed by atoms with E-state index in [1.165, 1.54) is 25.7 Å². The highest BCUT2D eigenvalue weighted by molar-refractivity contribution is 5.90. The van der Waals surface area contributed by atoms with Crippen LogP contribution in [-0.4, -0.2) is 17.7 Å². The van der Waals surface area contributed by atoms with Gasteiger partial charge in [0.05, 0.1) is 6.04 Å². The maximum atomic E-state index is 12.3. The van der Waals surface area contributed by atoms with Crippen molar-refractivity contribution >= 4 is 11.7 Å². The van der Waals surface area contributed by atoms with Crippen molar-refractivity contribution in [2.24, 2.45) is 23.2 Å². The van der Waals surface area contributed by atoms with Gasteiger partial charge in [0, 0.05) is 5.92 Å². The third kappa shape index (κ3) is 3.37. The van der Waals surface area contributed by atoms with Crippen LogP contribution in [0.4, 0.5) is 0 Å². The van der Waals surface area contributed by atoms with Crippen molar-refractivity contribution in [3.8, 4) is 0 Å². The molecule has 1 N–H and O–H groups in total. The van der Waals surface area contributed by atoms with Gasteiger partial charge in [-0.05, 0) is 30.6 Å². The number of hydrogen-bond acceptors (Lipinski definition) is 2. The fraction of sp³-hybridized carbons (Fsp3) is 0.875. The highest BCUT2D eigenvalue weighted by Crippen LogP contribution is 2.50. The first kappa shape index (κ1) is 14.5. The molecular formula is C16H27NO2.